The summed E-state index contributed by atoms with van der Waals surface area (Å²) in [7, 11) is 0. The maximum absolute atomic E-state index is 13.4. The minimum Gasteiger partial charge on any atom is -0.484 e. The number of rotatable bonds is 10. The molecule has 2 aromatic carbocycles. The summed E-state index contributed by atoms with van der Waals surface area (Å²) in [6, 6.07) is 7.46. The molecule has 3 N–H and O–H groups in total. The minimum atomic E-state index is -4.43. The molecule has 1 aliphatic heterocycles. The highest BCUT2D eigenvalue weighted by atomic mass is 35.5. The van der Waals surface area contributed by atoms with Crippen molar-refractivity contribution in [2.24, 2.45) is 0 Å². The van der Waals surface area contributed by atoms with Crippen LogP contribution < -0.4 is 25.4 Å². The van der Waals surface area contributed by atoms with Crippen molar-refractivity contribution in [3.8, 4) is 11.5 Å². The lowest BCUT2D eigenvalue weighted by Crippen LogP contribution is -2.45. The van der Waals surface area contributed by atoms with E-state index in [2.05, 4.69) is 22.5 Å². The number of carbonyl (C=O) groups excluding carboxylic acids is 2. The Hall–Kier alpha value is -3.02. The summed E-state index contributed by atoms with van der Waals surface area (Å²) < 4.78 is 62.6. The lowest BCUT2D eigenvalue weighted by atomic mass is 9.96. The van der Waals surface area contributed by atoms with Gasteiger partial charge in [0, 0.05) is 47.8 Å². The molecule has 2 aromatic rings. The van der Waals surface area contributed by atoms with Crippen LogP contribution in [0.25, 0.3) is 0 Å². The van der Waals surface area contributed by atoms with Gasteiger partial charge in [0.15, 0.2) is 12.7 Å². The smallest absolute Gasteiger partial charge is 0.401 e. The van der Waals surface area contributed by atoms with Crippen LogP contribution >= 0.6 is 23.2 Å². The van der Waals surface area contributed by atoms with Crippen molar-refractivity contribution in [3.63, 3.8) is 0 Å². The molecule has 2 atom stereocenters. The van der Waals surface area contributed by atoms with Crippen molar-refractivity contribution in [2.75, 3.05) is 19.7 Å². The Morgan fingerprint density at radius 1 is 1.16 bits per heavy atom. The molecule has 0 aromatic heterocycles. The van der Waals surface area contributed by atoms with E-state index < -0.39 is 49.1 Å². The van der Waals surface area contributed by atoms with Gasteiger partial charge in [-0.2, -0.15) is 13.2 Å². The Morgan fingerprint density at radius 2 is 1.92 bits per heavy atom. The fourth-order valence-electron chi connectivity index (χ4n) is 3.50. The molecule has 0 spiro atoms. The quantitative estimate of drug-likeness (QED) is 0.365. The Balaban J connectivity index is 1.46. The highest BCUT2D eigenvalue weighted by molar-refractivity contribution is 6.31. The lowest BCUT2D eigenvalue weighted by Gasteiger charge is -2.32. The zero-order valence-corrected chi connectivity index (χ0v) is 20.8. The summed E-state index contributed by atoms with van der Waals surface area (Å²) in [6.07, 6.45) is -5.36. The third-order valence-electron chi connectivity index (χ3n) is 5.21. The molecule has 2 amide bonds. The van der Waals surface area contributed by atoms with Crippen LogP contribution in [-0.4, -0.2) is 43.8 Å². The van der Waals surface area contributed by atoms with Gasteiger partial charge in [0.05, 0.1) is 11.6 Å². The van der Waals surface area contributed by atoms with Crippen molar-refractivity contribution in [1.29, 1.82) is 0 Å². The van der Waals surface area contributed by atoms with E-state index in [0.29, 0.717) is 10.6 Å². The number of benzene rings is 2. The average molecular weight is 564 g/mol. The van der Waals surface area contributed by atoms with E-state index in [0.717, 1.165) is 6.07 Å². The van der Waals surface area contributed by atoms with Crippen LogP contribution in [0.3, 0.4) is 0 Å². The predicted molar refractivity (Wildman–Crippen MR) is 129 cm³/mol. The molecule has 0 bridgehead atoms. The number of fused-ring (bicyclic) bond motifs is 1. The van der Waals surface area contributed by atoms with Gasteiger partial charge in [-0.05, 0) is 30.3 Å². The second-order valence-electron chi connectivity index (χ2n) is 8.13. The zero-order chi connectivity index (χ0) is 27.2. The molecule has 13 heteroatoms. The molecule has 1 heterocycles. The van der Waals surface area contributed by atoms with Gasteiger partial charge in [-0.1, -0.05) is 29.8 Å². The molecular weight excluding hydrogens is 541 g/mol. The second-order valence-corrected chi connectivity index (χ2v) is 8.97. The van der Waals surface area contributed by atoms with Crippen LogP contribution in [0.1, 0.15) is 24.4 Å². The summed E-state index contributed by atoms with van der Waals surface area (Å²) in [6.45, 7) is 2.14. The first kappa shape index (κ1) is 28.5. The summed E-state index contributed by atoms with van der Waals surface area (Å²) in [4.78, 5) is 24.7. The molecule has 0 saturated heterocycles. The number of ether oxygens (including phenoxy) is 2. The third kappa shape index (κ3) is 8.80. The van der Waals surface area contributed by atoms with Gasteiger partial charge < -0.3 is 25.4 Å². The van der Waals surface area contributed by atoms with E-state index in [1.165, 1.54) is 30.3 Å². The molecule has 0 fully saturated rings. The first-order valence-electron chi connectivity index (χ1n) is 11.0. The molecular formula is C24H23Cl2F4N3O4. The fourth-order valence-corrected chi connectivity index (χ4v) is 3.79. The number of amides is 2. The number of carbonyl (C=O) groups is 2. The Labute approximate surface area is 220 Å². The SMILES string of the molecule is C=C(CCNC(=O)C1CC(NCC(F)(F)F)c2cc(Cl)ccc2O1)NC(=O)COc1ccc(Cl)c(F)c1. The molecule has 1 aliphatic rings. The predicted octanol–water partition coefficient (Wildman–Crippen LogP) is 4.69. The van der Waals surface area contributed by atoms with Crippen molar-refractivity contribution in [2.45, 2.75) is 31.2 Å². The van der Waals surface area contributed by atoms with Crippen molar-refractivity contribution in [1.82, 2.24) is 16.0 Å². The Kier molecular flexibility index (Phi) is 9.63. The summed E-state index contributed by atoms with van der Waals surface area (Å²) in [5.41, 5.74) is 0.714. The lowest BCUT2D eigenvalue weighted by molar-refractivity contribution is -0.131. The van der Waals surface area contributed by atoms with Crippen LogP contribution in [0.5, 0.6) is 11.5 Å². The number of nitrogens with one attached hydrogen (secondary N) is 3. The Bertz CT molecular complexity index is 1160. The van der Waals surface area contributed by atoms with Crippen molar-refractivity contribution >= 4 is 35.0 Å². The van der Waals surface area contributed by atoms with Crippen LogP contribution in [0.15, 0.2) is 48.7 Å². The topological polar surface area (TPSA) is 88.7 Å². The van der Waals surface area contributed by atoms with Gasteiger partial charge in [0.25, 0.3) is 11.8 Å². The van der Waals surface area contributed by atoms with Gasteiger partial charge in [0.2, 0.25) is 0 Å². The maximum Gasteiger partial charge on any atom is 0.401 e. The largest absolute Gasteiger partial charge is 0.484 e. The summed E-state index contributed by atoms with van der Waals surface area (Å²) in [5.74, 6) is -1.39. The van der Waals surface area contributed by atoms with Gasteiger partial charge in [-0.3, -0.25) is 9.59 Å². The molecule has 2 unspecified atom stereocenters. The van der Waals surface area contributed by atoms with E-state index in [4.69, 9.17) is 32.7 Å². The molecule has 3 rings (SSSR count). The molecule has 0 saturated carbocycles. The fraction of sp³-hybridized carbons (Fsp3) is 0.333. The first-order valence-corrected chi connectivity index (χ1v) is 11.8. The number of halogens is 6. The van der Waals surface area contributed by atoms with Crippen LogP contribution in [0, 0.1) is 5.82 Å². The monoisotopic (exact) mass is 563 g/mol. The van der Waals surface area contributed by atoms with Crippen molar-refractivity contribution < 1.29 is 36.6 Å². The molecule has 0 radical (unpaired) electrons. The van der Waals surface area contributed by atoms with Gasteiger partial charge in [0.1, 0.15) is 17.3 Å². The number of hydrogen-bond acceptors (Lipinski definition) is 5. The van der Waals surface area contributed by atoms with Gasteiger partial charge >= 0.3 is 6.18 Å². The standard InChI is InChI=1S/C24H23Cl2F4N3O4/c1-13(33-22(34)11-36-15-3-4-17(26)18(27)9-15)6-7-31-23(35)21-10-19(32-12-24(28,29)30)16-8-14(25)2-5-20(16)37-21/h2-5,8-9,19,21,32H,1,6-7,10-12H2,(H,31,35)(H,33,34). The highest BCUT2D eigenvalue weighted by Crippen LogP contribution is 2.37. The van der Waals surface area contributed by atoms with E-state index in [1.54, 1.807) is 0 Å². The second kappa shape index (κ2) is 12.5. The number of alkyl halides is 3. The zero-order valence-electron chi connectivity index (χ0n) is 19.3. The van der Waals surface area contributed by atoms with E-state index in [-0.39, 0.29) is 41.6 Å². The van der Waals surface area contributed by atoms with Gasteiger partial charge in [-0.25, -0.2) is 4.39 Å². The van der Waals surface area contributed by atoms with Crippen LogP contribution in [0.4, 0.5) is 17.6 Å². The van der Waals surface area contributed by atoms with E-state index >= 15 is 0 Å². The Morgan fingerprint density at radius 3 is 2.62 bits per heavy atom. The molecule has 0 aliphatic carbocycles. The normalized spacial score (nSPS) is 16.8. The molecule has 7 nitrogen and oxygen atoms in total. The molecule has 200 valence electrons. The van der Waals surface area contributed by atoms with Crippen LogP contribution in [-0.2, 0) is 9.59 Å². The highest BCUT2D eigenvalue weighted by Gasteiger charge is 2.35. The summed E-state index contributed by atoms with van der Waals surface area (Å²) in [5, 5.41) is 7.78. The van der Waals surface area contributed by atoms with Gasteiger partial charge in [-0.15, -0.1) is 0 Å². The maximum atomic E-state index is 13.4. The average Bonchev–Trinajstić information content (AvgIpc) is 2.82. The van der Waals surface area contributed by atoms with E-state index in [1.807, 2.05) is 0 Å². The van der Waals surface area contributed by atoms with Crippen molar-refractivity contribution in [3.05, 3.63) is 70.1 Å². The van der Waals surface area contributed by atoms with Crippen LogP contribution in [0.2, 0.25) is 10.0 Å². The third-order valence-corrected chi connectivity index (χ3v) is 5.75. The van der Waals surface area contributed by atoms with E-state index in [9.17, 15) is 27.2 Å². The number of hydrogen-bond donors (Lipinski definition) is 3. The summed E-state index contributed by atoms with van der Waals surface area (Å²) >= 11 is 11.6. The molecule has 37 heavy (non-hydrogen) atoms. The first-order chi connectivity index (χ1) is 17.4. The minimum absolute atomic E-state index is 0.0461.